The largest absolute Gasteiger partial charge is 0.341 e. The Hall–Kier alpha value is -2.97. The first kappa shape index (κ1) is 20.3. The molecule has 2 aromatic heterocycles. The summed E-state index contributed by atoms with van der Waals surface area (Å²) >= 11 is 0. The van der Waals surface area contributed by atoms with E-state index in [1.165, 1.54) is 16.3 Å². The van der Waals surface area contributed by atoms with Gasteiger partial charge in [0, 0.05) is 24.6 Å². The second kappa shape index (κ2) is 7.07. The lowest BCUT2D eigenvalue weighted by molar-refractivity contribution is -0.130. The molecule has 0 aromatic carbocycles. The number of Topliss-reactive ketones (excluding diaryl/α,β-unsaturated/α-hetero) is 1. The molecule has 4 heterocycles. The van der Waals surface area contributed by atoms with Crippen molar-refractivity contribution in [2.75, 3.05) is 19.6 Å². The quantitative estimate of drug-likeness (QED) is 0.744. The molecule has 0 saturated carbocycles. The lowest BCUT2D eigenvalue weighted by Gasteiger charge is -2.20. The minimum absolute atomic E-state index is 0.0406. The summed E-state index contributed by atoms with van der Waals surface area (Å²) in [6, 6.07) is 1.76. The molecule has 2 aromatic rings. The van der Waals surface area contributed by atoms with Crippen LogP contribution in [-0.2, 0) is 28.1 Å². The third-order valence-electron chi connectivity index (χ3n) is 5.75. The Morgan fingerprint density at radius 2 is 1.77 bits per heavy atom. The molecule has 0 radical (unpaired) electrons. The summed E-state index contributed by atoms with van der Waals surface area (Å²) < 4.78 is 2.85. The molecule has 30 heavy (non-hydrogen) atoms. The van der Waals surface area contributed by atoms with Gasteiger partial charge in [0.2, 0.25) is 5.91 Å². The Kier molecular flexibility index (Phi) is 4.79. The molecular weight excluding hydrogens is 386 g/mol. The SMILES string of the molecule is CC(=O)Cn1c2c(c(=O)n3nc(C(C)(C)C)cc13)CN(CC(=O)N1CCCC1)C2=O. The second-order valence-electron chi connectivity index (χ2n) is 9.22. The number of hydrogen-bond acceptors (Lipinski definition) is 5. The minimum Gasteiger partial charge on any atom is -0.341 e. The van der Waals surface area contributed by atoms with Gasteiger partial charge in [0.25, 0.3) is 11.5 Å². The first-order valence-corrected chi connectivity index (χ1v) is 10.3. The molecule has 0 unspecified atom stereocenters. The van der Waals surface area contributed by atoms with Gasteiger partial charge in [0.15, 0.2) is 0 Å². The maximum absolute atomic E-state index is 13.2. The van der Waals surface area contributed by atoms with Gasteiger partial charge < -0.3 is 14.4 Å². The van der Waals surface area contributed by atoms with Crippen molar-refractivity contribution < 1.29 is 14.4 Å². The van der Waals surface area contributed by atoms with Crippen LogP contribution in [0.5, 0.6) is 0 Å². The Labute approximate surface area is 174 Å². The fraction of sp³-hybridized carbons (Fsp3) is 0.571. The number of rotatable bonds is 4. The topological polar surface area (TPSA) is 97.0 Å². The maximum atomic E-state index is 13.2. The lowest BCUT2D eigenvalue weighted by atomic mass is 9.92. The number of aromatic nitrogens is 3. The number of likely N-dealkylation sites (tertiary alicyclic amines) is 1. The van der Waals surface area contributed by atoms with Gasteiger partial charge in [-0.3, -0.25) is 19.2 Å². The van der Waals surface area contributed by atoms with E-state index in [4.69, 9.17) is 0 Å². The highest BCUT2D eigenvalue weighted by atomic mass is 16.2. The fourth-order valence-electron chi connectivity index (χ4n) is 4.13. The van der Waals surface area contributed by atoms with Crippen molar-refractivity contribution in [3.63, 3.8) is 0 Å². The smallest absolute Gasteiger partial charge is 0.280 e. The summed E-state index contributed by atoms with van der Waals surface area (Å²) in [5.41, 5.74) is 0.924. The minimum atomic E-state index is -0.392. The van der Waals surface area contributed by atoms with Gasteiger partial charge in [-0.25, -0.2) is 0 Å². The Bertz CT molecular complexity index is 1120. The van der Waals surface area contributed by atoms with Crippen molar-refractivity contribution in [3.8, 4) is 0 Å². The van der Waals surface area contributed by atoms with Crippen LogP contribution in [0.25, 0.3) is 5.65 Å². The third-order valence-corrected chi connectivity index (χ3v) is 5.75. The molecule has 2 aliphatic rings. The van der Waals surface area contributed by atoms with E-state index in [0.29, 0.717) is 24.4 Å². The molecule has 0 atom stereocenters. The van der Waals surface area contributed by atoms with E-state index < -0.39 is 5.91 Å². The fourth-order valence-corrected chi connectivity index (χ4v) is 4.13. The molecule has 1 saturated heterocycles. The van der Waals surface area contributed by atoms with E-state index in [0.717, 1.165) is 12.8 Å². The van der Waals surface area contributed by atoms with E-state index in [1.807, 2.05) is 20.8 Å². The first-order chi connectivity index (χ1) is 14.1. The van der Waals surface area contributed by atoms with Crippen molar-refractivity contribution in [1.29, 1.82) is 0 Å². The molecule has 9 nitrogen and oxygen atoms in total. The molecule has 1 fully saturated rings. The number of hydrogen-bond donors (Lipinski definition) is 0. The molecule has 0 aliphatic carbocycles. The van der Waals surface area contributed by atoms with E-state index in [9.17, 15) is 19.2 Å². The van der Waals surface area contributed by atoms with Crippen molar-refractivity contribution >= 4 is 23.2 Å². The van der Waals surface area contributed by atoms with Crippen molar-refractivity contribution in [1.82, 2.24) is 24.0 Å². The zero-order valence-electron chi connectivity index (χ0n) is 17.9. The van der Waals surface area contributed by atoms with Gasteiger partial charge in [-0.05, 0) is 19.8 Å². The van der Waals surface area contributed by atoms with Crippen LogP contribution >= 0.6 is 0 Å². The normalized spacial score (nSPS) is 16.6. The Balaban J connectivity index is 1.79. The van der Waals surface area contributed by atoms with E-state index in [1.54, 1.807) is 15.5 Å². The average molecular weight is 413 g/mol. The molecule has 160 valence electrons. The van der Waals surface area contributed by atoms with E-state index in [2.05, 4.69) is 5.10 Å². The highest BCUT2D eigenvalue weighted by molar-refractivity contribution is 5.99. The van der Waals surface area contributed by atoms with Gasteiger partial charge in [0.1, 0.15) is 23.7 Å². The summed E-state index contributed by atoms with van der Waals surface area (Å²) in [5.74, 6) is -0.642. The molecule has 9 heteroatoms. The summed E-state index contributed by atoms with van der Waals surface area (Å²) in [6.07, 6.45) is 1.94. The van der Waals surface area contributed by atoms with Crippen LogP contribution < -0.4 is 5.56 Å². The Morgan fingerprint density at radius 1 is 1.10 bits per heavy atom. The highest BCUT2D eigenvalue weighted by Gasteiger charge is 2.37. The number of fused-ring (bicyclic) bond motifs is 2. The molecular formula is C21H27N5O4. The second-order valence-corrected chi connectivity index (χ2v) is 9.22. The van der Waals surface area contributed by atoms with E-state index in [-0.39, 0.29) is 53.6 Å². The monoisotopic (exact) mass is 413 g/mol. The van der Waals surface area contributed by atoms with Crippen molar-refractivity contribution in [2.45, 2.75) is 59.0 Å². The third kappa shape index (κ3) is 3.32. The summed E-state index contributed by atoms with van der Waals surface area (Å²) in [6.45, 7) is 8.74. The lowest BCUT2D eigenvalue weighted by Crippen LogP contribution is -2.39. The number of carbonyl (C=O) groups excluding carboxylic acids is 3. The van der Waals surface area contributed by atoms with Gasteiger partial charge >= 0.3 is 0 Å². The van der Waals surface area contributed by atoms with Crippen LogP contribution in [0.3, 0.4) is 0 Å². The zero-order chi connectivity index (χ0) is 21.8. The van der Waals surface area contributed by atoms with Crippen molar-refractivity contribution in [3.05, 3.63) is 33.4 Å². The van der Waals surface area contributed by atoms with Gasteiger partial charge in [-0.15, -0.1) is 0 Å². The number of ketones is 1. The van der Waals surface area contributed by atoms with Crippen LogP contribution in [0.1, 0.15) is 62.3 Å². The number of amides is 2. The Morgan fingerprint density at radius 3 is 2.37 bits per heavy atom. The number of nitrogens with zero attached hydrogens (tertiary/aromatic N) is 5. The molecule has 2 aliphatic heterocycles. The molecule has 0 N–H and O–H groups in total. The summed E-state index contributed by atoms with van der Waals surface area (Å²) in [4.78, 5) is 54.0. The zero-order valence-corrected chi connectivity index (χ0v) is 17.9. The molecule has 4 rings (SSSR count). The maximum Gasteiger partial charge on any atom is 0.280 e. The van der Waals surface area contributed by atoms with Gasteiger partial charge in [-0.2, -0.15) is 9.61 Å². The highest BCUT2D eigenvalue weighted by Crippen LogP contribution is 2.26. The molecule has 0 spiro atoms. The van der Waals surface area contributed by atoms with Gasteiger partial charge in [-0.1, -0.05) is 20.8 Å². The summed E-state index contributed by atoms with van der Waals surface area (Å²) in [5, 5.41) is 4.47. The van der Waals surface area contributed by atoms with Crippen LogP contribution in [0.15, 0.2) is 10.9 Å². The first-order valence-electron chi connectivity index (χ1n) is 10.3. The van der Waals surface area contributed by atoms with E-state index >= 15 is 0 Å². The standard InChI is InChI=1S/C21H27N5O4/c1-13(27)10-25-16-9-15(21(2,3)4)22-26(16)19(29)14-11-24(20(30)18(14)25)12-17(28)23-7-5-6-8-23/h9H,5-8,10-12H2,1-4H3. The van der Waals surface area contributed by atoms with Crippen LogP contribution in [0, 0.1) is 0 Å². The molecule has 0 bridgehead atoms. The average Bonchev–Trinajstić information content (AvgIpc) is 3.38. The van der Waals surface area contributed by atoms with Crippen molar-refractivity contribution in [2.24, 2.45) is 0 Å². The predicted molar refractivity (Wildman–Crippen MR) is 109 cm³/mol. The van der Waals surface area contributed by atoms with Gasteiger partial charge in [0.05, 0.1) is 24.3 Å². The predicted octanol–water partition coefficient (Wildman–Crippen LogP) is 0.961. The molecule has 2 amide bonds. The van der Waals surface area contributed by atoms with Crippen LogP contribution in [0.4, 0.5) is 0 Å². The van der Waals surface area contributed by atoms with Crippen LogP contribution in [0.2, 0.25) is 0 Å². The number of carbonyl (C=O) groups is 3. The summed E-state index contributed by atoms with van der Waals surface area (Å²) in [7, 11) is 0. The van der Waals surface area contributed by atoms with Crippen LogP contribution in [-0.4, -0.2) is 61.2 Å².